The molecule has 0 saturated heterocycles. The van der Waals surface area contributed by atoms with E-state index in [1.54, 1.807) is 29.2 Å². The van der Waals surface area contributed by atoms with Crippen LogP contribution in [-0.2, 0) is 4.79 Å². The number of carbonyl (C=O) groups is 1. The van der Waals surface area contributed by atoms with Crippen LogP contribution in [0.4, 0.5) is 0 Å². The molecule has 0 aliphatic heterocycles. The van der Waals surface area contributed by atoms with Gasteiger partial charge in [0.2, 0.25) is 5.91 Å². The number of nitrogens with zero attached hydrogens (tertiary/aromatic N) is 2. The summed E-state index contributed by atoms with van der Waals surface area (Å²) in [5, 5.41) is 8.73. The normalized spacial score (nSPS) is 13.0. The third-order valence-electron chi connectivity index (χ3n) is 3.64. The van der Waals surface area contributed by atoms with Crippen molar-refractivity contribution >= 4 is 12.0 Å². The zero-order chi connectivity index (χ0) is 15.3. The Morgan fingerprint density at radius 2 is 1.85 bits per heavy atom. The summed E-state index contributed by atoms with van der Waals surface area (Å²) in [5.74, 6) is -0.0169. The lowest BCUT2D eigenvalue weighted by Gasteiger charge is -2.34. The monoisotopic (exact) mass is 270 g/mol. The number of carbonyl (C=O) groups excluding carboxylic acids is 1. The standard InChI is InChI=1S/C17H22N2O/c1-13(17(2,3)4)19(5)16(20)11-10-14-6-8-15(12-18)9-7-14/h6-11,13H,1-5H3/b11-10+. The smallest absolute Gasteiger partial charge is 0.246 e. The van der Waals surface area contributed by atoms with Crippen LogP contribution >= 0.6 is 0 Å². The highest BCUT2D eigenvalue weighted by Crippen LogP contribution is 2.23. The Bertz CT molecular complexity index is 530. The SMILES string of the molecule is CC(N(C)C(=O)/C=C/c1ccc(C#N)cc1)C(C)(C)C. The molecule has 0 bridgehead atoms. The second-order valence-electron chi connectivity index (χ2n) is 6.06. The third-order valence-corrected chi connectivity index (χ3v) is 3.64. The number of amides is 1. The van der Waals surface area contributed by atoms with Crippen LogP contribution in [0, 0.1) is 16.7 Å². The third kappa shape index (κ3) is 4.24. The molecule has 1 rings (SSSR count). The van der Waals surface area contributed by atoms with E-state index >= 15 is 0 Å². The first-order chi connectivity index (χ1) is 9.25. The van der Waals surface area contributed by atoms with Crippen molar-refractivity contribution in [1.82, 2.24) is 4.90 Å². The Labute approximate surface area is 121 Å². The van der Waals surface area contributed by atoms with Gasteiger partial charge in [-0.05, 0) is 36.1 Å². The van der Waals surface area contributed by atoms with Gasteiger partial charge in [0.1, 0.15) is 0 Å². The van der Waals surface area contributed by atoms with Crippen molar-refractivity contribution in [2.24, 2.45) is 5.41 Å². The molecule has 0 fully saturated rings. The average Bonchev–Trinajstić information content (AvgIpc) is 2.42. The van der Waals surface area contributed by atoms with Crippen LogP contribution in [0.2, 0.25) is 0 Å². The highest BCUT2D eigenvalue weighted by Gasteiger charge is 2.25. The summed E-state index contributed by atoms with van der Waals surface area (Å²) in [6.45, 7) is 8.40. The summed E-state index contributed by atoms with van der Waals surface area (Å²) >= 11 is 0. The fraction of sp³-hybridized carbons (Fsp3) is 0.412. The molecule has 0 aromatic heterocycles. The lowest BCUT2D eigenvalue weighted by atomic mass is 9.87. The minimum absolute atomic E-state index is 0.0169. The van der Waals surface area contributed by atoms with Crippen LogP contribution < -0.4 is 0 Å². The maximum atomic E-state index is 12.1. The van der Waals surface area contributed by atoms with Crippen LogP contribution in [0.15, 0.2) is 30.3 Å². The molecule has 0 radical (unpaired) electrons. The lowest BCUT2D eigenvalue weighted by Crippen LogP contribution is -2.42. The van der Waals surface area contributed by atoms with E-state index in [4.69, 9.17) is 5.26 Å². The van der Waals surface area contributed by atoms with Gasteiger partial charge in [0, 0.05) is 19.2 Å². The summed E-state index contributed by atoms with van der Waals surface area (Å²) in [6.07, 6.45) is 3.35. The van der Waals surface area contributed by atoms with Gasteiger partial charge in [0.05, 0.1) is 11.6 Å². The average molecular weight is 270 g/mol. The Morgan fingerprint density at radius 3 is 2.30 bits per heavy atom. The zero-order valence-corrected chi connectivity index (χ0v) is 12.8. The molecule has 0 saturated carbocycles. The second-order valence-corrected chi connectivity index (χ2v) is 6.06. The number of benzene rings is 1. The van der Waals surface area contributed by atoms with Crippen molar-refractivity contribution in [3.8, 4) is 6.07 Å². The molecular formula is C17H22N2O. The Kier molecular flexibility index (Phi) is 5.10. The van der Waals surface area contributed by atoms with Crippen molar-refractivity contribution in [2.75, 3.05) is 7.05 Å². The van der Waals surface area contributed by atoms with Gasteiger partial charge in [0.15, 0.2) is 0 Å². The fourth-order valence-corrected chi connectivity index (χ4v) is 1.73. The lowest BCUT2D eigenvalue weighted by molar-refractivity contribution is -0.128. The first-order valence-electron chi connectivity index (χ1n) is 6.70. The van der Waals surface area contributed by atoms with Gasteiger partial charge >= 0.3 is 0 Å². The fourth-order valence-electron chi connectivity index (χ4n) is 1.73. The van der Waals surface area contributed by atoms with Gasteiger partial charge in [-0.3, -0.25) is 4.79 Å². The maximum Gasteiger partial charge on any atom is 0.246 e. The van der Waals surface area contributed by atoms with Gasteiger partial charge in [-0.1, -0.05) is 32.9 Å². The predicted molar refractivity (Wildman–Crippen MR) is 81.9 cm³/mol. The van der Waals surface area contributed by atoms with Crippen molar-refractivity contribution < 1.29 is 4.79 Å². The molecule has 106 valence electrons. The van der Waals surface area contributed by atoms with Crippen LogP contribution in [0.5, 0.6) is 0 Å². The highest BCUT2D eigenvalue weighted by molar-refractivity contribution is 5.91. The van der Waals surface area contributed by atoms with E-state index in [-0.39, 0.29) is 17.4 Å². The molecule has 20 heavy (non-hydrogen) atoms. The summed E-state index contributed by atoms with van der Waals surface area (Å²) in [7, 11) is 1.82. The molecule has 1 atom stereocenters. The first kappa shape index (κ1) is 16.0. The largest absolute Gasteiger partial charge is 0.339 e. The molecular weight excluding hydrogens is 248 g/mol. The molecule has 0 heterocycles. The molecule has 0 N–H and O–H groups in total. The van der Waals surface area contributed by atoms with E-state index in [2.05, 4.69) is 26.8 Å². The highest BCUT2D eigenvalue weighted by atomic mass is 16.2. The van der Waals surface area contributed by atoms with Gasteiger partial charge in [-0.2, -0.15) is 5.26 Å². The van der Waals surface area contributed by atoms with Crippen molar-refractivity contribution in [1.29, 1.82) is 5.26 Å². The summed E-state index contributed by atoms with van der Waals surface area (Å²) < 4.78 is 0. The summed E-state index contributed by atoms with van der Waals surface area (Å²) in [6, 6.07) is 9.36. The Morgan fingerprint density at radius 1 is 1.30 bits per heavy atom. The molecule has 0 aliphatic carbocycles. The molecule has 3 nitrogen and oxygen atoms in total. The van der Waals surface area contributed by atoms with Gasteiger partial charge in [-0.15, -0.1) is 0 Å². The summed E-state index contributed by atoms with van der Waals surface area (Å²) in [4.78, 5) is 13.9. The molecule has 1 amide bonds. The quantitative estimate of drug-likeness (QED) is 0.789. The number of hydrogen-bond acceptors (Lipinski definition) is 2. The van der Waals surface area contributed by atoms with Crippen LogP contribution in [0.25, 0.3) is 6.08 Å². The Balaban J connectivity index is 2.74. The van der Waals surface area contributed by atoms with Crippen molar-refractivity contribution in [3.05, 3.63) is 41.5 Å². The minimum Gasteiger partial charge on any atom is -0.339 e. The number of hydrogen-bond donors (Lipinski definition) is 0. The number of likely N-dealkylation sites (N-methyl/N-ethyl adjacent to an activating group) is 1. The van der Waals surface area contributed by atoms with E-state index in [1.165, 1.54) is 0 Å². The van der Waals surface area contributed by atoms with Crippen LogP contribution in [0.3, 0.4) is 0 Å². The Hall–Kier alpha value is -2.08. The van der Waals surface area contributed by atoms with E-state index in [0.29, 0.717) is 5.56 Å². The van der Waals surface area contributed by atoms with E-state index in [0.717, 1.165) is 5.56 Å². The van der Waals surface area contributed by atoms with Gasteiger partial charge in [0.25, 0.3) is 0 Å². The zero-order valence-electron chi connectivity index (χ0n) is 12.8. The van der Waals surface area contributed by atoms with Crippen LogP contribution in [-0.4, -0.2) is 23.9 Å². The van der Waals surface area contributed by atoms with Crippen LogP contribution in [0.1, 0.15) is 38.8 Å². The van der Waals surface area contributed by atoms with Crippen molar-refractivity contribution in [3.63, 3.8) is 0 Å². The molecule has 1 aromatic rings. The predicted octanol–water partition coefficient (Wildman–Crippen LogP) is 3.46. The van der Waals surface area contributed by atoms with Crippen molar-refractivity contribution in [2.45, 2.75) is 33.7 Å². The van der Waals surface area contributed by atoms with E-state index in [1.807, 2.05) is 26.1 Å². The molecule has 0 aliphatic rings. The molecule has 1 aromatic carbocycles. The first-order valence-corrected chi connectivity index (χ1v) is 6.70. The second kappa shape index (κ2) is 6.38. The van der Waals surface area contributed by atoms with E-state index < -0.39 is 0 Å². The van der Waals surface area contributed by atoms with E-state index in [9.17, 15) is 4.79 Å². The summed E-state index contributed by atoms with van der Waals surface area (Å²) in [5.41, 5.74) is 1.58. The molecule has 3 heteroatoms. The number of nitriles is 1. The minimum atomic E-state index is -0.0169. The molecule has 1 unspecified atom stereocenters. The van der Waals surface area contributed by atoms with Gasteiger partial charge in [-0.25, -0.2) is 0 Å². The molecule has 0 spiro atoms. The van der Waals surface area contributed by atoms with Gasteiger partial charge < -0.3 is 4.90 Å². The maximum absolute atomic E-state index is 12.1. The topological polar surface area (TPSA) is 44.1 Å². The number of rotatable bonds is 3.